The molecule has 1 amide bonds. The lowest BCUT2D eigenvalue weighted by molar-refractivity contribution is -0.384. The van der Waals surface area contributed by atoms with Crippen LogP contribution in [0.2, 0.25) is 0 Å². The fourth-order valence-corrected chi connectivity index (χ4v) is 1.96. The van der Waals surface area contributed by atoms with Crippen molar-refractivity contribution in [3.8, 4) is 0 Å². The Morgan fingerprint density at radius 2 is 1.68 bits per heavy atom. The maximum Gasteiger partial charge on any atom is 0.269 e. The van der Waals surface area contributed by atoms with E-state index in [2.05, 4.69) is 5.32 Å². The number of ether oxygens (including phenoxy) is 1. The SMILES string of the molecule is O=C(Nc1ccc([N+](=O)[O-])cc1)[C@H]1O[C@@H](O)[C@H](O)[C@@H](O)[C@@H]1O. The van der Waals surface area contributed by atoms with E-state index in [4.69, 9.17) is 4.74 Å². The molecule has 1 aliphatic heterocycles. The van der Waals surface area contributed by atoms with E-state index in [9.17, 15) is 35.3 Å². The van der Waals surface area contributed by atoms with Crippen molar-refractivity contribution in [3.05, 3.63) is 34.4 Å². The fraction of sp³-hybridized carbons (Fsp3) is 0.417. The lowest BCUT2D eigenvalue weighted by Gasteiger charge is -2.37. The van der Waals surface area contributed by atoms with Crippen molar-refractivity contribution in [2.24, 2.45) is 0 Å². The third-order valence-corrected chi connectivity index (χ3v) is 3.19. The largest absolute Gasteiger partial charge is 0.387 e. The molecule has 10 nitrogen and oxygen atoms in total. The minimum Gasteiger partial charge on any atom is -0.387 e. The van der Waals surface area contributed by atoms with Gasteiger partial charge in [-0.05, 0) is 12.1 Å². The van der Waals surface area contributed by atoms with Crippen LogP contribution in [0.15, 0.2) is 24.3 Å². The summed E-state index contributed by atoms with van der Waals surface area (Å²) < 4.78 is 4.75. The summed E-state index contributed by atoms with van der Waals surface area (Å²) in [4.78, 5) is 21.9. The summed E-state index contributed by atoms with van der Waals surface area (Å²) in [5, 5.41) is 50.7. The van der Waals surface area contributed by atoms with E-state index in [1.54, 1.807) is 0 Å². The molecular formula is C12H14N2O8. The van der Waals surface area contributed by atoms with Crippen molar-refractivity contribution < 1.29 is 34.9 Å². The van der Waals surface area contributed by atoms with Crippen molar-refractivity contribution in [3.63, 3.8) is 0 Å². The molecule has 0 spiro atoms. The molecule has 22 heavy (non-hydrogen) atoms. The van der Waals surface area contributed by atoms with Gasteiger partial charge in [0.15, 0.2) is 12.4 Å². The number of hydrogen-bond donors (Lipinski definition) is 5. The van der Waals surface area contributed by atoms with Crippen LogP contribution in [0.4, 0.5) is 11.4 Å². The number of anilines is 1. The number of nitrogens with zero attached hydrogens (tertiary/aromatic N) is 1. The minimum absolute atomic E-state index is 0.166. The molecule has 0 bridgehead atoms. The fourth-order valence-electron chi connectivity index (χ4n) is 1.96. The highest BCUT2D eigenvalue weighted by molar-refractivity contribution is 5.94. The van der Waals surface area contributed by atoms with Crippen LogP contribution in [-0.4, -0.2) is 62.0 Å². The Morgan fingerprint density at radius 1 is 1.09 bits per heavy atom. The molecule has 1 aliphatic rings. The molecule has 1 heterocycles. The van der Waals surface area contributed by atoms with E-state index < -0.39 is 41.5 Å². The second kappa shape index (κ2) is 6.34. The third kappa shape index (κ3) is 3.21. The van der Waals surface area contributed by atoms with E-state index in [-0.39, 0.29) is 11.4 Å². The Kier molecular flexibility index (Phi) is 4.68. The number of benzene rings is 1. The first-order chi connectivity index (χ1) is 10.3. The number of aliphatic hydroxyl groups excluding tert-OH is 4. The maximum absolute atomic E-state index is 12.0. The lowest BCUT2D eigenvalue weighted by Crippen LogP contribution is -2.60. The van der Waals surface area contributed by atoms with Gasteiger partial charge < -0.3 is 30.5 Å². The molecule has 0 aliphatic carbocycles. The van der Waals surface area contributed by atoms with Crippen LogP contribution in [0.3, 0.4) is 0 Å². The second-order valence-electron chi connectivity index (χ2n) is 4.71. The normalized spacial score (nSPS) is 31.5. The first-order valence-corrected chi connectivity index (χ1v) is 6.24. The average Bonchev–Trinajstić information content (AvgIpc) is 2.49. The molecule has 0 aromatic heterocycles. The molecule has 2 rings (SSSR count). The Morgan fingerprint density at radius 3 is 2.23 bits per heavy atom. The number of hydrogen-bond acceptors (Lipinski definition) is 8. The van der Waals surface area contributed by atoms with E-state index in [1.807, 2.05) is 0 Å². The molecule has 1 aromatic rings. The quantitative estimate of drug-likeness (QED) is 0.327. The Bertz CT molecular complexity index is 563. The zero-order chi connectivity index (χ0) is 16.4. The molecule has 0 saturated carbocycles. The van der Waals surface area contributed by atoms with Gasteiger partial charge in [-0.15, -0.1) is 0 Å². The van der Waals surface area contributed by atoms with Gasteiger partial charge in [0.25, 0.3) is 11.6 Å². The number of amides is 1. The van der Waals surface area contributed by atoms with Crippen LogP contribution >= 0.6 is 0 Å². The van der Waals surface area contributed by atoms with E-state index in [0.717, 1.165) is 0 Å². The molecule has 1 fully saturated rings. The van der Waals surface area contributed by atoms with Crippen molar-refractivity contribution in [1.29, 1.82) is 0 Å². The number of carbonyl (C=O) groups is 1. The van der Waals surface area contributed by atoms with Gasteiger partial charge in [0.05, 0.1) is 4.92 Å². The Balaban J connectivity index is 2.06. The van der Waals surface area contributed by atoms with Crippen LogP contribution in [0.5, 0.6) is 0 Å². The molecule has 5 N–H and O–H groups in total. The zero-order valence-electron chi connectivity index (χ0n) is 11.1. The smallest absolute Gasteiger partial charge is 0.269 e. The molecular weight excluding hydrogens is 300 g/mol. The molecule has 10 heteroatoms. The van der Waals surface area contributed by atoms with Crippen molar-refractivity contribution in [1.82, 2.24) is 0 Å². The van der Waals surface area contributed by atoms with Crippen LogP contribution in [0, 0.1) is 10.1 Å². The topological polar surface area (TPSA) is 162 Å². The summed E-state index contributed by atoms with van der Waals surface area (Å²) in [6.45, 7) is 0. The van der Waals surface area contributed by atoms with Gasteiger partial charge in [0.2, 0.25) is 0 Å². The number of carbonyl (C=O) groups excluding carboxylic acids is 1. The first-order valence-electron chi connectivity index (χ1n) is 6.24. The van der Waals surface area contributed by atoms with Gasteiger partial charge in [-0.2, -0.15) is 0 Å². The van der Waals surface area contributed by atoms with Crippen LogP contribution < -0.4 is 5.32 Å². The van der Waals surface area contributed by atoms with Gasteiger partial charge in [0.1, 0.15) is 18.3 Å². The highest BCUT2D eigenvalue weighted by atomic mass is 16.6. The van der Waals surface area contributed by atoms with E-state index >= 15 is 0 Å². The molecule has 5 atom stereocenters. The van der Waals surface area contributed by atoms with Crippen LogP contribution in [0.1, 0.15) is 0 Å². The summed E-state index contributed by atoms with van der Waals surface area (Å²) in [5.74, 6) is -0.883. The molecule has 1 aromatic carbocycles. The highest BCUT2D eigenvalue weighted by Crippen LogP contribution is 2.22. The van der Waals surface area contributed by atoms with Crippen LogP contribution in [0.25, 0.3) is 0 Å². The summed E-state index contributed by atoms with van der Waals surface area (Å²) in [6.07, 6.45) is -8.67. The highest BCUT2D eigenvalue weighted by Gasteiger charge is 2.46. The summed E-state index contributed by atoms with van der Waals surface area (Å²) in [6, 6.07) is 4.88. The monoisotopic (exact) mass is 314 g/mol. The maximum atomic E-state index is 12.0. The van der Waals surface area contributed by atoms with E-state index in [1.165, 1.54) is 24.3 Å². The van der Waals surface area contributed by atoms with Gasteiger partial charge >= 0.3 is 0 Å². The number of aliphatic hydroxyl groups is 4. The Labute approximate surface area is 123 Å². The average molecular weight is 314 g/mol. The van der Waals surface area contributed by atoms with E-state index in [0.29, 0.717) is 0 Å². The van der Waals surface area contributed by atoms with Crippen molar-refractivity contribution in [2.75, 3.05) is 5.32 Å². The zero-order valence-corrected chi connectivity index (χ0v) is 11.1. The number of nitro groups is 1. The lowest BCUT2D eigenvalue weighted by atomic mass is 9.98. The Hall–Kier alpha value is -2.11. The predicted molar refractivity (Wildman–Crippen MR) is 70.6 cm³/mol. The summed E-state index contributed by atoms with van der Waals surface area (Å²) in [7, 11) is 0. The molecule has 1 saturated heterocycles. The van der Waals surface area contributed by atoms with Crippen LogP contribution in [-0.2, 0) is 9.53 Å². The van der Waals surface area contributed by atoms with Crippen molar-refractivity contribution >= 4 is 17.3 Å². The first kappa shape index (κ1) is 16.3. The molecule has 0 unspecified atom stereocenters. The second-order valence-corrected chi connectivity index (χ2v) is 4.71. The van der Waals surface area contributed by atoms with Gasteiger partial charge in [-0.1, -0.05) is 0 Å². The predicted octanol–water partition coefficient (Wildman–Crippen LogP) is -1.67. The number of rotatable bonds is 3. The van der Waals surface area contributed by atoms with Gasteiger partial charge in [-0.3, -0.25) is 14.9 Å². The van der Waals surface area contributed by atoms with Crippen molar-refractivity contribution in [2.45, 2.75) is 30.7 Å². The standard InChI is InChI=1S/C12H14N2O8/c15-7-8(16)10(22-12(19)9(7)17)11(18)13-5-1-3-6(4-2-5)14(20)21/h1-4,7-10,12,15-17,19H,(H,13,18)/t7-,8-,9+,10-,12+/m0/s1. The summed E-state index contributed by atoms with van der Waals surface area (Å²) >= 11 is 0. The molecule has 0 radical (unpaired) electrons. The van der Waals surface area contributed by atoms with Gasteiger partial charge in [0, 0.05) is 17.8 Å². The number of nitrogens with one attached hydrogen (secondary N) is 1. The number of non-ortho nitro benzene ring substituents is 1. The minimum atomic E-state index is -1.83. The van der Waals surface area contributed by atoms with Gasteiger partial charge in [-0.25, -0.2) is 0 Å². The third-order valence-electron chi connectivity index (χ3n) is 3.19. The molecule has 120 valence electrons. The number of nitro benzene ring substituents is 1. The summed E-state index contributed by atoms with van der Waals surface area (Å²) in [5.41, 5.74) is 0.0300.